The second kappa shape index (κ2) is 9.47. The smallest absolute Gasteiger partial charge is 0.251 e. The van der Waals surface area contributed by atoms with Crippen LogP contribution in [0.1, 0.15) is 21.5 Å². The summed E-state index contributed by atoms with van der Waals surface area (Å²) in [5, 5.41) is 5.41. The Kier molecular flexibility index (Phi) is 6.98. The zero-order chi connectivity index (χ0) is 17.2. The van der Waals surface area contributed by atoms with Crippen LogP contribution in [-0.4, -0.2) is 32.0 Å². The number of hydrogen-bond acceptors (Lipinski definition) is 3. The van der Waals surface area contributed by atoms with Gasteiger partial charge in [-0.1, -0.05) is 42.5 Å². The number of carbonyl (C=O) groups excluding carboxylic acids is 2. The Morgan fingerprint density at radius 2 is 1.62 bits per heavy atom. The van der Waals surface area contributed by atoms with Crippen molar-refractivity contribution in [3.8, 4) is 0 Å². The number of amides is 2. The first-order valence-corrected chi connectivity index (χ1v) is 7.85. The zero-order valence-corrected chi connectivity index (χ0v) is 13.7. The van der Waals surface area contributed by atoms with Crippen molar-refractivity contribution in [2.24, 2.45) is 0 Å². The zero-order valence-electron chi connectivity index (χ0n) is 13.7. The fourth-order valence-electron chi connectivity index (χ4n) is 2.24. The Bertz CT molecular complexity index is 654. The van der Waals surface area contributed by atoms with Gasteiger partial charge in [0.25, 0.3) is 5.91 Å². The van der Waals surface area contributed by atoms with Crippen LogP contribution in [0.3, 0.4) is 0 Å². The van der Waals surface area contributed by atoms with Gasteiger partial charge in [0.1, 0.15) is 0 Å². The maximum Gasteiger partial charge on any atom is 0.251 e. The van der Waals surface area contributed by atoms with Crippen LogP contribution in [0, 0.1) is 0 Å². The lowest BCUT2D eigenvalue weighted by Gasteiger charge is -2.08. The lowest BCUT2D eigenvalue weighted by atomic mass is 10.1. The molecular weight excluding hydrogens is 304 g/mol. The highest BCUT2D eigenvalue weighted by Crippen LogP contribution is 2.05. The minimum Gasteiger partial charge on any atom is -0.380 e. The van der Waals surface area contributed by atoms with Crippen LogP contribution < -0.4 is 10.6 Å². The first kappa shape index (κ1) is 17.7. The number of methoxy groups -OCH3 is 1. The molecule has 2 amide bonds. The predicted molar refractivity (Wildman–Crippen MR) is 92.6 cm³/mol. The van der Waals surface area contributed by atoms with E-state index in [0.717, 1.165) is 17.5 Å². The maximum atomic E-state index is 12.0. The van der Waals surface area contributed by atoms with Gasteiger partial charge in [0.15, 0.2) is 0 Å². The standard InChI is InChI=1S/C19H22N2O3/c1-24-14-16-7-9-17(10-8-16)19(23)21-13-18(22)20-12-11-15-5-3-2-4-6-15/h2-10H,11-14H2,1H3,(H,20,22)(H,21,23). The third-order valence-corrected chi connectivity index (χ3v) is 3.52. The molecule has 0 radical (unpaired) electrons. The summed E-state index contributed by atoms with van der Waals surface area (Å²) in [6, 6.07) is 17.0. The second-order valence-corrected chi connectivity index (χ2v) is 5.40. The monoisotopic (exact) mass is 326 g/mol. The van der Waals surface area contributed by atoms with E-state index in [9.17, 15) is 9.59 Å². The summed E-state index contributed by atoms with van der Waals surface area (Å²) in [4.78, 5) is 23.8. The van der Waals surface area contributed by atoms with Crippen LogP contribution in [0.25, 0.3) is 0 Å². The summed E-state index contributed by atoms with van der Waals surface area (Å²) < 4.78 is 5.02. The molecule has 0 heterocycles. The van der Waals surface area contributed by atoms with E-state index in [2.05, 4.69) is 10.6 Å². The first-order valence-electron chi connectivity index (χ1n) is 7.85. The molecule has 0 bridgehead atoms. The Hall–Kier alpha value is -2.66. The van der Waals surface area contributed by atoms with Crippen LogP contribution in [0.2, 0.25) is 0 Å². The molecule has 24 heavy (non-hydrogen) atoms. The summed E-state index contributed by atoms with van der Waals surface area (Å²) >= 11 is 0. The molecule has 0 spiro atoms. The lowest BCUT2D eigenvalue weighted by molar-refractivity contribution is -0.120. The normalized spacial score (nSPS) is 10.2. The van der Waals surface area contributed by atoms with Crippen LogP contribution in [-0.2, 0) is 22.6 Å². The van der Waals surface area contributed by atoms with Crippen molar-refractivity contribution in [3.05, 3.63) is 71.3 Å². The average Bonchev–Trinajstić information content (AvgIpc) is 2.61. The number of benzene rings is 2. The molecule has 2 N–H and O–H groups in total. The number of rotatable bonds is 8. The molecule has 0 aliphatic heterocycles. The molecule has 5 heteroatoms. The summed E-state index contributed by atoms with van der Waals surface area (Å²) in [5.41, 5.74) is 2.68. The summed E-state index contributed by atoms with van der Waals surface area (Å²) in [6.07, 6.45) is 0.765. The SMILES string of the molecule is COCc1ccc(C(=O)NCC(=O)NCCc2ccccc2)cc1. The van der Waals surface area contributed by atoms with E-state index in [1.807, 2.05) is 42.5 Å². The molecule has 2 aromatic rings. The topological polar surface area (TPSA) is 67.4 Å². The van der Waals surface area contributed by atoms with Crippen molar-refractivity contribution < 1.29 is 14.3 Å². The second-order valence-electron chi connectivity index (χ2n) is 5.40. The molecule has 2 aromatic carbocycles. The van der Waals surface area contributed by atoms with Gasteiger partial charge in [-0.05, 0) is 29.7 Å². The van der Waals surface area contributed by atoms with Crippen LogP contribution in [0.4, 0.5) is 0 Å². The molecular formula is C19H22N2O3. The van der Waals surface area contributed by atoms with Gasteiger partial charge in [0, 0.05) is 19.2 Å². The summed E-state index contributed by atoms with van der Waals surface area (Å²) in [5.74, 6) is -0.465. The molecule has 0 aliphatic rings. The van der Waals surface area contributed by atoms with Gasteiger partial charge in [-0.25, -0.2) is 0 Å². The fourth-order valence-corrected chi connectivity index (χ4v) is 2.24. The predicted octanol–water partition coefficient (Wildman–Crippen LogP) is 1.92. The Labute approximate surface area is 142 Å². The van der Waals surface area contributed by atoms with Crippen molar-refractivity contribution in [2.75, 3.05) is 20.2 Å². The van der Waals surface area contributed by atoms with E-state index >= 15 is 0 Å². The minimum atomic E-state index is -0.267. The average molecular weight is 326 g/mol. The van der Waals surface area contributed by atoms with E-state index in [1.54, 1.807) is 19.2 Å². The van der Waals surface area contributed by atoms with Crippen molar-refractivity contribution in [3.63, 3.8) is 0 Å². The molecule has 0 aromatic heterocycles. The third kappa shape index (κ3) is 5.85. The third-order valence-electron chi connectivity index (χ3n) is 3.52. The molecule has 0 unspecified atom stereocenters. The quantitative estimate of drug-likeness (QED) is 0.779. The van der Waals surface area contributed by atoms with Gasteiger partial charge in [-0.2, -0.15) is 0 Å². The van der Waals surface area contributed by atoms with E-state index in [1.165, 1.54) is 0 Å². The number of nitrogens with one attached hydrogen (secondary N) is 2. The highest BCUT2D eigenvalue weighted by Gasteiger charge is 2.07. The number of hydrogen-bond donors (Lipinski definition) is 2. The molecule has 2 rings (SSSR count). The number of carbonyl (C=O) groups is 2. The maximum absolute atomic E-state index is 12.0. The van der Waals surface area contributed by atoms with E-state index < -0.39 is 0 Å². The van der Waals surface area contributed by atoms with Gasteiger partial charge in [-0.3, -0.25) is 9.59 Å². The largest absolute Gasteiger partial charge is 0.380 e. The first-order chi connectivity index (χ1) is 11.7. The van der Waals surface area contributed by atoms with E-state index in [0.29, 0.717) is 18.7 Å². The highest BCUT2D eigenvalue weighted by atomic mass is 16.5. The fraction of sp³-hybridized carbons (Fsp3) is 0.263. The van der Waals surface area contributed by atoms with Crippen molar-refractivity contribution >= 4 is 11.8 Å². The molecule has 0 aliphatic carbocycles. The number of ether oxygens (including phenoxy) is 1. The molecule has 0 saturated carbocycles. The molecule has 5 nitrogen and oxygen atoms in total. The van der Waals surface area contributed by atoms with Gasteiger partial charge in [0.05, 0.1) is 13.2 Å². The van der Waals surface area contributed by atoms with Crippen molar-refractivity contribution in [1.29, 1.82) is 0 Å². The van der Waals surface area contributed by atoms with Gasteiger partial charge >= 0.3 is 0 Å². The van der Waals surface area contributed by atoms with Gasteiger partial charge in [0.2, 0.25) is 5.91 Å². The molecule has 0 saturated heterocycles. The summed E-state index contributed by atoms with van der Waals surface area (Å²) in [6.45, 7) is 1.02. The van der Waals surface area contributed by atoms with Gasteiger partial charge in [-0.15, -0.1) is 0 Å². The molecule has 0 atom stereocenters. The van der Waals surface area contributed by atoms with Crippen LogP contribution in [0.5, 0.6) is 0 Å². The van der Waals surface area contributed by atoms with Crippen LogP contribution in [0.15, 0.2) is 54.6 Å². The Balaban J connectivity index is 1.69. The minimum absolute atomic E-state index is 0.0343. The summed E-state index contributed by atoms with van der Waals surface area (Å²) in [7, 11) is 1.62. The Morgan fingerprint density at radius 3 is 2.29 bits per heavy atom. The van der Waals surface area contributed by atoms with Crippen molar-refractivity contribution in [1.82, 2.24) is 10.6 Å². The van der Waals surface area contributed by atoms with Crippen LogP contribution >= 0.6 is 0 Å². The van der Waals surface area contributed by atoms with Crippen molar-refractivity contribution in [2.45, 2.75) is 13.0 Å². The molecule has 0 fully saturated rings. The highest BCUT2D eigenvalue weighted by molar-refractivity contribution is 5.96. The lowest BCUT2D eigenvalue weighted by Crippen LogP contribution is -2.37. The van der Waals surface area contributed by atoms with E-state index in [-0.39, 0.29) is 18.4 Å². The van der Waals surface area contributed by atoms with Gasteiger partial charge < -0.3 is 15.4 Å². The molecule has 126 valence electrons. The van der Waals surface area contributed by atoms with E-state index in [4.69, 9.17) is 4.74 Å². The Morgan fingerprint density at radius 1 is 0.917 bits per heavy atom.